The fourth-order valence-corrected chi connectivity index (χ4v) is 3.61. The standard InChI is InChI=1S/C18H16N4O3S/c1-10-6-14(21-25-10)18-20-15(9-26-18)16-7-13(17(19)23)11(2)22(16)8-12-4-3-5-24-12/h3-7,9H,8H2,1-2H3,(H2,19,23). The summed E-state index contributed by atoms with van der Waals surface area (Å²) >= 11 is 1.46. The number of carbonyl (C=O) groups excluding carboxylic acids is 1. The smallest absolute Gasteiger partial charge is 0.250 e. The number of aryl methyl sites for hydroxylation is 1. The number of nitrogens with zero attached hydrogens (tertiary/aromatic N) is 3. The minimum Gasteiger partial charge on any atom is -0.467 e. The molecule has 4 rings (SSSR count). The van der Waals surface area contributed by atoms with Gasteiger partial charge in [0.25, 0.3) is 5.91 Å². The van der Waals surface area contributed by atoms with Crippen LogP contribution in [0.3, 0.4) is 0 Å². The van der Waals surface area contributed by atoms with Crippen LogP contribution in [0.15, 0.2) is 44.8 Å². The van der Waals surface area contributed by atoms with Crippen molar-refractivity contribution in [2.24, 2.45) is 5.73 Å². The summed E-state index contributed by atoms with van der Waals surface area (Å²) in [5, 5.41) is 6.68. The molecule has 7 nitrogen and oxygen atoms in total. The lowest BCUT2D eigenvalue weighted by Crippen LogP contribution is -2.12. The van der Waals surface area contributed by atoms with Gasteiger partial charge in [0, 0.05) is 17.1 Å². The summed E-state index contributed by atoms with van der Waals surface area (Å²) in [5.41, 5.74) is 9.01. The van der Waals surface area contributed by atoms with Gasteiger partial charge in [-0.3, -0.25) is 4.79 Å². The van der Waals surface area contributed by atoms with Gasteiger partial charge in [0.1, 0.15) is 22.2 Å². The largest absolute Gasteiger partial charge is 0.467 e. The predicted molar refractivity (Wildman–Crippen MR) is 96.8 cm³/mol. The van der Waals surface area contributed by atoms with Crippen LogP contribution < -0.4 is 5.73 Å². The van der Waals surface area contributed by atoms with E-state index in [0.717, 1.165) is 33.6 Å². The molecule has 1 amide bonds. The van der Waals surface area contributed by atoms with E-state index in [0.29, 0.717) is 17.8 Å². The zero-order valence-corrected chi connectivity index (χ0v) is 15.0. The first-order chi connectivity index (χ1) is 12.5. The lowest BCUT2D eigenvalue weighted by atomic mass is 10.2. The Hall–Kier alpha value is -3.13. The molecule has 0 radical (unpaired) electrons. The first-order valence-electron chi connectivity index (χ1n) is 7.95. The van der Waals surface area contributed by atoms with Crippen LogP contribution in [0.25, 0.3) is 22.1 Å². The van der Waals surface area contributed by atoms with Gasteiger partial charge in [0.05, 0.1) is 29.8 Å². The predicted octanol–water partition coefficient (Wildman–Crippen LogP) is 3.62. The van der Waals surface area contributed by atoms with Crippen LogP contribution in [0.2, 0.25) is 0 Å². The van der Waals surface area contributed by atoms with Crippen molar-refractivity contribution >= 4 is 17.2 Å². The molecule has 0 aliphatic carbocycles. The second kappa shape index (κ2) is 6.30. The lowest BCUT2D eigenvalue weighted by Gasteiger charge is -2.08. The van der Waals surface area contributed by atoms with Crippen molar-refractivity contribution in [2.75, 3.05) is 0 Å². The number of thiazole rings is 1. The highest BCUT2D eigenvalue weighted by Gasteiger charge is 2.20. The molecule has 8 heteroatoms. The fourth-order valence-electron chi connectivity index (χ4n) is 2.85. The van der Waals surface area contributed by atoms with Crippen molar-refractivity contribution in [3.05, 3.63) is 58.7 Å². The van der Waals surface area contributed by atoms with Gasteiger partial charge >= 0.3 is 0 Å². The topological polar surface area (TPSA) is 100 Å². The number of rotatable bonds is 5. The highest BCUT2D eigenvalue weighted by atomic mass is 32.1. The van der Waals surface area contributed by atoms with Crippen LogP contribution in [0.1, 0.15) is 27.6 Å². The number of nitrogens with two attached hydrogens (primary N) is 1. The van der Waals surface area contributed by atoms with E-state index in [2.05, 4.69) is 10.1 Å². The molecule has 26 heavy (non-hydrogen) atoms. The van der Waals surface area contributed by atoms with Crippen LogP contribution in [0.4, 0.5) is 0 Å². The second-order valence-electron chi connectivity index (χ2n) is 5.92. The van der Waals surface area contributed by atoms with E-state index < -0.39 is 5.91 Å². The highest BCUT2D eigenvalue weighted by Crippen LogP contribution is 2.31. The monoisotopic (exact) mass is 368 g/mol. The van der Waals surface area contributed by atoms with Gasteiger partial charge in [-0.25, -0.2) is 4.98 Å². The third-order valence-corrected chi connectivity index (χ3v) is 5.00. The molecule has 0 aliphatic rings. The van der Waals surface area contributed by atoms with Gasteiger partial charge in [0.15, 0.2) is 0 Å². The third-order valence-electron chi connectivity index (χ3n) is 4.14. The Morgan fingerprint density at radius 2 is 2.15 bits per heavy atom. The molecule has 0 aliphatic heterocycles. The SMILES string of the molecule is Cc1cc(-c2nc(-c3cc(C(N)=O)c(C)n3Cc3ccco3)cs2)no1. The third kappa shape index (κ3) is 2.84. The molecule has 0 spiro atoms. The van der Waals surface area contributed by atoms with Crippen LogP contribution in [0.5, 0.6) is 0 Å². The zero-order valence-electron chi connectivity index (χ0n) is 14.2. The molecular formula is C18H16N4O3S. The maximum atomic E-state index is 11.8. The highest BCUT2D eigenvalue weighted by molar-refractivity contribution is 7.13. The van der Waals surface area contributed by atoms with Crippen molar-refractivity contribution in [1.29, 1.82) is 0 Å². The number of primary amides is 1. The first-order valence-corrected chi connectivity index (χ1v) is 8.83. The molecule has 0 atom stereocenters. The second-order valence-corrected chi connectivity index (χ2v) is 6.78. The number of furan rings is 1. The summed E-state index contributed by atoms with van der Waals surface area (Å²) in [6.07, 6.45) is 1.62. The first kappa shape index (κ1) is 16.3. The number of amides is 1. The van der Waals surface area contributed by atoms with E-state index in [1.165, 1.54) is 11.3 Å². The van der Waals surface area contributed by atoms with Gasteiger partial charge in [-0.1, -0.05) is 5.16 Å². The van der Waals surface area contributed by atoms with Crippen LogP contribution in [-0.4, -0.2) is 20.6 Å². The van der Waals surface area contributed by atoms with Crippen LogP contribution >= 0.6 is 11.3 Å². The summed E-state index contributed by atoms with van der Waals surface area (Å²) in [7, 11) is 0. The van der Waals surface area contributed by atoms with Crippen LogP contribution in [-0.2, 0) is 6.54 Å². The molecule has 0 fully saturated rings. The Balaban J connectivity index is 1.79. The average Bonchev–Trinajstić information content (AvgIpc) is 3.36. The van der Waals surface area contributed by atoms with Crippen molar-refractivity contribution in [1.82, 2.24) is 14.7 Å². The van der Waals surface area contributed by atoms with E-state index in [1.807, 2.05) is 42.0 Å². The van der Waals surface area contributed by atoms with Crippen molar-refractivity contribution in [3.63, 3.8) is 0 Å². The van der Waals surface area contributed by atoms with E-state index in [4.69, 9.17) is 14.7 Å². The van der Waals surface area contributed by atoms with Gasteiger partial charge in [-0.2, -0.15) is 0 Å². The zero-order chi connectivity index (χ0) is 18.3. The maximum absolute atomic E-state index is 11.8. The molecule has 0 bridgehead atoms. The summed E-state index contributed by atoms with van der Waals surface area (Å²) in [4.78, 5) is 16.5. The number of hydrogen-bond acceptors (Lipinski definition) is 6. The maximum Gasteiger partial charge on any atom is 0.250 e. The number of aromatic nitrogens is 3. The van der Waals surface area contributed by atoms with E-state index in [1.54, 1.807) is 12.3 Å². The summed E-state index contributed by atoms with van der Waals surface area (Å²) in [5.74, 6) is 1.04. The van der Waals surface area contributed by atoms with E-state index >= 15 is 0 Å². The molecule has 0 unspecified atom stereocenters. The average molecular weight is 368 g/mol. The minimum atomic E-state index is -0.468. The molecule has 132 valence electrons. The molecule has 4 aromatic rings. The summed E-state index contributed by atoms with van der Waals surface area (Å²) in [6, 6.07) is 7.33. The van der Waals surface area contributed by atoms with Gasteiger partial charge in [-0.05, 0) is 32.0 Å². The lowest BCUT2D eigenvalue weighted by molar-refractivity contribution is 0.0999. The fraction of sp³-hybridized carbons (Fsp3) is 0.167. The Labute approximate surface area is 153 Å². The van der Waals surface area contributed by atoms with Crippen molar-refractivity contribution < 1.29 is 13.7 Å². The van der Waals surface area contributed by atoms with Crippen molar-refractivity contribution in [3.8, 4) is 22.1 Å². The molecule has 0 aromatic carbocycles. The van der Waals surface area contributed by atoms with Gasteiger partial charge in [-0.15, -0.1) is 11.3 Å². The van der Waals surface area contributed by atoms with Crippen molar-refractivity contribution in [2.45, 2.75) is 20.4 Å². The van der Waals surface area contributed by atoms with Gasteiger partial charge < -0.3 is 19.2 Å². The molecule has 0 saturated carbocycles. The summed E-state index contributed by atoms with van der Waals surface area (Å²) in [6.45, 7) is 4.18. The number of carbonyl (C=O) groups is 1. The Morgan fingerprint density at radius 1 is 1.31 bits per heavy atom. The minimum absolute atomic E-state index is 0.468. The normalized spacial score (nSPS) is 11.2. The van der Waals surface area contributed by atoms with Gasteiger partial charge in [0.2, 0.25) is 0 Å². The molecule has 4 aromatic heterocycles. The van der Waals surface area contributed by atoms with E-state index in [9.17, 15) is 4.79 Å². The quantitative estimate of drug-likeness (QED) is 0.580. The molecule has 2 N–H and O–H groups in total. The van der Waals surface area contributed by atoms with Crippen LogP contribution in [0, 0.1) is 13.8 Å². The van der Waals surface area contributed by atoms with E-state index in [-0.39, 0.29) is 0 Å². The number of hydrogen-bond donors (Lipinski definition) is 1. The Kier molecular flexibility index (Phi) is 3.96. The Morgan fingerprint density at radius 3 is 2.81 bits per heavy atom. The Bertz CT molecular complexity index is 1070. The summed E-state index contributed by atoms with van der Waals surface area (Å²) < 4.78 is 12.6. The molecule has 4 heterocycles. The molecular weight excluding hydrogens is 352 g/mol. The molecule has 0 saturated heterocycles.